The van der Waals surface area contributed by atoms with Crippen molar-refractivity contribution in [3.05, 3.63) is 60.2 Å². The van der Waals surface area contributed by atoms with Crippen molar-refractivity contribution in [2.45, 2.75) is 44.8 Å². The molecular formula is C23H31N5O4. The highest BCUT2D eigenvalue weighted by molar-refractivity contribution is 5.95. The quantitative estimate of drug-likeness (QED) is 0.330. The van der Waals surface area contributed by atoms with Gasteiger partial charge in [0.1, 0.15) is 12.1 Å². The molecule has 1 aromatic rings. The van der Waals surface area contributed by atoms with E-state index < -0.39 is 36.0 Å². The van der Waals surface area contributed by atoms with Crippen LogP contribution in [0.3, 0.4) is 0 Å². The summed E-state index contributed by atoms with van der Waals surface area (Å²) in [6.45, 7) is 7.57. The zero-order valence-corrected chi connectivity index (χ0v) is 18.5. The molecule has 2 rings (SSSR count). The van der Waals surface area contributed by atoms with Gasteiger partial charge in [0.05, 0.1) is 6.04 Å². The zero-order chi connectivity index (χ0) is 23.7. The van der Waals surface area contributed by atoms with Gasteiger partial charge in [-0.05, 0) is 25.8 Å². The lowest BCUT2D eigenvalue weighted by Crippen LogP contribution is -2.52. The van der Waals surface area contributed by atoms with Crippen molar-refractivity contribution in [2.24, 2.45) is 5.73 Å². The minimum absolute atomic E-state index is 0.169. The molecule has 1 aromatic carbocycles. The van der Waals surface area contributed by atoms with Gasteiger partial charge in [-0.25, -0.2) is 4.79 Å². The van der Waals surface area contributed by atoms with Crippen molar-refractivity contribution >= 4 is 23.8 Å². The van der Waals surface area contributed by atoms with E-state index in [1.54, 1.807) is 19.9 Å². The van der Waals surface area contributed by atoms with Crippen molar-refractivity contribution < 1.29 is 19.2 Å². The second kappa shape index (κ2) is 11.7. The van der Waals surface area contributed by atoms with Gasteiger partial charge in [0.15, 0.2) is 0 Å². The van der Waals surface area contributed by atoms with E-state index in [4.69, 9.17) is 5.73 Å². The van der Waals surface area contributed by atoms with E-state index in [9.17, 15) is 19.2 Å². The number of nitrogens with one attached hydrogen (secondary N) is 3. The number of urea groups is 1. The topological polar surface area (TPSA) is 134 Å². The Hall–Kier alpha value is -3.62. The highest BCUT2D eigenvalue weighted by atomic mass is 16.2. The number of carbonyl (C=O) groups is 4. The van der Waals surface area contributed by atoms with Crippen molar-refractivity contribution in [3.8, 4) is 0 Å². The average molecular weight is 442 g/mol. The summed E-state index contributed by atoms with van der Waals surface area (Å²) in [5.74, 6) is -1.49. The highest BCUT2D eigenvalue weighted by Gasteiger charge is 2.40. The molecule has 0 radical (unpaired) electrons. The standard InChI is InChI=1S/C23H31N5O4/c1-4-10-25-23(32)26-17-13-19(28(14-17)20(29)11-15(2)3)22(31)27-18(21(24)30)12-16-8-6-5-7-9-16/h4-9,11,17-19H,1,10,12-14H2,2-3H3,(H2,24,30)(H,27,31)(H2,25,26,32)/t17-,18+,19-/m0/s1. The van der Waals surface area contributed by atoms with E-state index in [2.05, 4.69) is 22.5 Å². The molecule has 1 aliphatic rings. The predicted molar refractivity (Wildman–Crippen MR) is 121 cm³/mol. The SMILES string of the molecule is C=CCNC(=O)N[C@H]1C[C@@H](C(=O)N[C@H](Cc2ccccc2)C(N)=O)N(C(=O)C=C(C)C)C1. The Kier molecular flexibility index (Phi) is 9.00. The molecule has 0 saturated carbocycles. The van der Waals surface area contributed by atoms with E-state index in [-0.39, 0.29) is 25.3 Å². The Balaban J connectivity index is 2.14. The summed E-state index contributed by atoms with van der Waals surface area (Å²) in [5, 5.41) is 8.06. The van der Waals surface area contributed by atoms with Gasteiger partial charge in [0, 0.05) is 25.6 Å². The fourth-order valence-electron chi connectivity index (χ4n) is 3.50. The molecule has 0 aliphatic carbocycles. The van der Waals surface area contributed by atoms with Crippen LogP contribution in [0.25, 0.3) is 0 Å². The molecule has 32 heavy (non-hydrogen) atoms. The first-order chi connectivity index (χ1) is 15.2. The van der Waals surface area contributed by atoms with E-state index in [0.29, 0.717) is 6.54 Å². The molecule has 9 heteroatoms. The molecule has 5 N–H and O–H groups in total. The number of likely N-dealkylation sites (tertiary alicyclic amines) is 1. The van der Waals surface area contributed by atoms with Gasteiger partial charge in [0.25, 0.3) is 0 Å². The van der Waals surface area contributed by atoms with Crippen LogP contribution in [0.4, 0.5) is 4.79 Å². The largest absolute Gasteiger partial charge is 0.368 e. The Labute approximate surface area is 188 Å². The highest BCUT2D eigenvalue weighted by Crippen LogP contribution is 2.20. The third-order valence-electron chi connectivity index (χ3n) is 4.98. The summed E-state index contributed by atoms with van der Waals surface area (Å²) in [4.78, 5) is 51.2. The first-order valence-electron chi connectivity index (χ1n) is 10.5. The smallest absolute Gasteiger partial charge is 0.315 e. The number of nitrogens with zero attached hydrogens (tertiary/aromatic N) is 1. The first kappa shape index (κ1) is 24.6. The lowest BCUT2D eigenvalue weighted by atomic mass is 10.0. The Morgan fingerprint density at radius 2 is 1.91 bits per heavy atom. The molecule has 0 bridgehead atoms. The lowest BCUT2D eigenvalue weighted by Gasteiger charge is -2.25. The van der Waals surface area contributed by atoms with E-state index in [1.807, 2.05) is 30.3 Å². The Morgan fingerprint density at radius 3 is 2.50 bits per heavy atom. The van der Waals surface area contributed by atoms with Crippen molar-refractivity contribution in [2.75, 3.05) is 13.1 Å². The van der Waals surface area contributed by atoms with Crippen LogP contribution in [0.1, 0.15) is 25.8 Å². The average Bonchev–Trinajstić information content (AvgIpc) is 3.16. The van der Waals surface area contributed by atoms with Crippen LogP contribution in [-0.4, -0.2) is 59.9 Å². The van der Waals surface area contributed by atoms with Crippen molar-refractivity contribution in [1.29, 1.82) is 0 Å². The van der Waals surface area contributed by atoms with Gasteiger partial charge in [-0.3, -0.25) is 14.4 Å². The van der Waals surface area contributed by atoms with Crippen molar-refractivity contribution in [3.63, 3.8) is 0 Å². The summed E-state index contributed by atoms with van der Waals surface area (Å²) in [7, 11) is 0. The minimum atomic E-state index is -0.923. The molecule has 172 valence electrons. The molecule has 9 nitrogen and oxygen atoms in total. The molecule has 0 unspecified atom stereocenters. The van der Waals surface area contributed by atoms with Gasteiger partial charge in [-0.1, -0.05) is 42.0 Å². The maximum absolute atomic E-state index is 13.1. The number of primary amides is 1. The first-order valence-corrected chi connectivity index (χ1v) is 10.5. The maximum atomic E-state index is 13.1. The molecule has 0 aromatic heterocycles. The molecule has 1 fully saturated rings. The van der Waals surface area contributed by atoms with Crippen molar-refractivity contribution in [1.82, 2.24) is 20.9 Å². The predicted octanol–water partition coefficient (Wildman–Crippen LogP) is 0.620. The lowest BCUT2D eigenvalue weighted by molar-refractivity contribution is -0.136. The minimum Gasteiger partial charge on any atom is -0.368 e. The van der Waals surface area contributed by atoms with Crippen LogP contribution in [0, 0.1) is 0 Å². The van der Waals surface area contributed by atoms with Gasteiger partial charge in [0.2, 0.25) is 17.7 Å². The zero-order valence-electron chi connectivity index (χ0n) is 18.5. The third-order valence-corrected chi connectivity index (χ3v) is 4.98. The second-order valence-electron chi connectivity index (χ2n) is 7.96. The number of amides is 5. The summed E-state index contributed by atoms with van der Waals surface area (Å²) < 4.78 is 0. The van der Waals surface area contributed by atoms with E-state index >= 15 is 0 Å². The number of hydrogen-bond acceptors (Lipinski definition) is 4. The Morgan fingerprint density at radius 1 is 1.22 bits per heavy atom. The molecule has 1 aliphatic heterocycles. The summed E-state index contributed by atoms with van der Waals surface area (Å²) in [6, 6.07) is 6.59. The maximum Gasteiger partial charge on any atom is 0.315 e. The number of hydrogen-bond donors (Lipinski definition) is 4. The molecule has 0 spiro atoms. The summed E-state index contributed by atoms with van der Waals surface area (Å²) >= 11 is 0. The molecule has 5 amide bonds. The van der Waals surface area contributed by atoms with Crippen LogP contribution < -0.4 is 21.7 Å². The van der Waals surface area contributed by atoms with Crippen LogP contribution in [0.2, 0.25) is 0 Å². The van der Waals surface area contributed by atoms with Gasteiger partial charge >= 0.3 is 6.03 Å². The number of nitrogens with two attached hydrogens (primary N) is 1. The monoisotopic (exact) mass is 441 g/mol. The molecule has 1 heterocycles. The van der Waals surface area contributed by atoms with Gasteiger partial charge in [-0.15, -0.1) is 6.58 Å². The normalized spacial score (nSPS) is 18.2. The van der Waals surface area contributed by atoms with E-state index in [1.165, 1.54) is 11.0 Å². The second-order valence-corrected chi connectivity index (χ2v) is 7.96. The molecule has 3 atom stereocenters. The Bertz CT molecular complexity index is 880. The van der Waals surface area contributed by atoms with Gasteiger partial charge < -0.3 is 26.6 Å². The van der Waals surface area contributed by atoms with Crippen LogP contribution in [0.5, 0.6) is 0 Å². The number of benzene rings is 1. The number of carbonyl (C=O) groups excluding carboxylic acids is 4. The van der Waals surface area contributed by atoms with Crippen LogP contribution >= 0.6 is 0 Å². The van der Waals surface area contributed by atoms with E-state index in [0.717, 1.165) is 11.1 Å². The molecule has 1 saturated heterocycles. The fraction of sp³-hybridized carbons (Fsp3) is 0.391. The third kappa shape index (κ3) is 7.26. The van der Waals surface area contributed by atoms with Crippen LogP contribution in [-0.2, 0) is 20.8 Å². The van der Waals surface area contributed by atoms with Crippen LogP contribution in [0.15, 0.2) is 54.6 Å². The summed E-state index contributed by atoms with van der Waals surface area (Å²) in [6.07, 6.45) is 3.44. The molecular weight excluding hydrogens is 410 g/mol. The fourth-order valence-corrected chi connectivity index (χ4v) is 3.50. The number of rotatable bonds is 9. The summed E-state index contributed by atoms with van der Waals surface area (Å²) in [5.41, 5.74) is 7.15. The van der Waals surface area contributed by atoms with Gasteiger partial charge in [-0.2, -0.15) is 0 Å². The number of allylic oxidation sites excluding steroid dienone is 1.